The van der Waals surface area contributed by atoms with Crippen LogP contribution in [-0.4, -0.2) is 28.5 Å². The topological polar surface area (TPSA) is 83.6 Å². The summed E-state index contributed by atoms with van der Waals surface area (Å²) in [6.07, 6.45) is 4.39. The van der Waals surface area contributed by atoms with E-state index in [9.17, 15) is 4.79 Å². The molecule has 0 spiro atoms. The molecule has 1 aromatic carbocycles. The number of imidazole rings is 1. The molecule has 162 valence electrons. The van der Waals surface area contributed by atoms with Crippen LogP contribution in [0.5, 0.6) is 0 Å². The van der Waals surface area contributed by atoms with Crippen LogP contribution in [-0.2, 0) is 11.8 Å². The third kappa shape index (κ3) is 6.13. The van der Waals surface area contributed by atoms with Gasteiger partial charge in [0.1, 0.15) is 5.69 Å². The summed E-state index contributed by atoms with van der Waals surface area (Å²) < 4.78 is 1.42. The van der Waals surface area contributed by atoms with Gasteiger partial charge in [-0.15, -0.1) is 5.11 Å². The van der Waals surface area contributed by atoms with Crippen LogP contribution in [0.2, 0.25) is 0 Å². The normalized spacial score (nSPS) is 10.6. The number of rotatable bonds is 10. The van der Waals surface area contributed by atoms with Gasteiger partial charge in [0.15, 0.2) is 0 Å². The minimum atomic E-state index is -0.204. The molecule has 1 heterocycles. The summed E-state index contributed by atoms with van der Waals surface area (Å²) >= 11 is 0. The Bertz CT molecular complexity index is 1020. The van der Waals surface area contributed by atoms with Crippen molar-refractivity contribution in [2.75, 3.05) is 23.3 Å². The van der Waals surface area contributed by atoms with Gasteiger partial charge in [0.25, 0.3) is 11.6 Å². The average molecular weight is 421 g/mol. The lowest BCUT2D eigenvalue weighted by Crippen LogP contribution is -2.25. The van der Waals surface area contributed by atoms with E-state index in [2.05, 4.69) is 49.0 Å². The molecule has 0 aliphatic carbocycles. The number of azo groups is 1. The molecule has 0 saturated heterocycles. The maximum absolute atomic E-state index is 11.8. The second-order valence-electron chi connectivity index (χ2n) is 7.12. The lowest BCUT2D eigenvalue weighted by atomic mass is 10.2. The van der Waals surface area contributed by atoms with Crippen molar-refractivity contribution in [1.82, 2.24) is 9.55 Å². The lowest BCUT2D eigenvalue weighted by molar-refractivity contribution is -0.114. The Hall–Kier alpha value is -3.72. The number of anilines is 2. The number of aromatic nitrogens is 2. The van der Waals surface area contributed by atoms with Crippen LogP contribution in [0, 0.1) is 13.1 Å². The molecule has 9 heteroatoms. The summed E-state index contributed by atoms with van der Waals surface area (Å²) in [5.41, 5.74) is 2.05. The minimum absolute atomic E-state index is 0.00799. The van der Waals surface area contributed by atoms with Crippen molar-refractivity contribution in [2.45, 2.75) is 46.5 Å². The van der Waals surface area contributed by atoms with E-state index >= 15 is 0 Å². The zero-order valence-corrected chi connectivity index (χ0v) is 18.5. The molecular weight excluding hydrogens is 392 g/mol. The Morgan fingerprint density at radius 1 is 1.16 bits per heavy atom. The summed E-state index contributed by atoms with van der Waals surface area (Å²) in [6, 6.07) is 5.69. The summed E-state index contributed by atoms with van der Waals surface area (Å²) in [7, 11) is 1.61. The van der Waals surface area contributed by atoms with Gasteiger partial charge in [-0.2, -0.15) is 0 Å². The van der Waals surface area contributed by atoms with Crippen LogP contribution in [0.1, 0.15) is 46.5 Å². The third-order valence-electron chi connectivity index (χ3n) is 4.70. The first-order valence-electron chi connectivity index (χ1n) is 10.3. The van der Waals surface area contributed by atoms with E-state index < -0.39 is 0 Å². The number of carbonyl (C=O) groups is 1. The molecule has 2 aromatic rings. The molecule has 0 bridgehead atoms. The first kappa shape index (κ1) is 23.6. The smallest absolute Gasteiger partial charge is 0.373 e. The van der Waals surface area contributed by atoms with Gasteiger partial charge in [-0.3, -0.25) is 4.79 Å². The Labute approximate surface area is 183 Å². The van der Waals surface area contributed by atoms with Gasteiger partial charge in [0.2, 0.25) is 5.91 Å². The molecule has 0 radical (unpaired) electrons. The predicted octanol–water partition coefficient (Wildman–Crippen LogP) is 6.30. The maximum atomic E-state index is 11.8. The number of carbonyl (C=O) groups excluding carboxylic acids is 1. The highest BCUT2D eigenvalue weighted by atomic mass is 16.1. The lowest BCUT2D eigenvalue weighted by Gasteiger charge is -2.25. The summed E-state index contributed by atoms with van der Waals surface area (Å²) in [5.74, 6) is 0.0578. The molecular formula is C22H28N8O. The van der Waals surface area contributed by atoms with Gasteiger partial charge in [-0.05, 0) is 31.0 Å². The predicted molar refractivity (Wildman–Crippen MR) is 123 cm³/mol. The quantitative estimate of drug-likeness (QED) is 0.361. The minimum Gasteiger partial charge on any atom is -0.373 e. The Morgan fingerprint density at radius 2 is 1.84 bits per heavy atom. The van der Waals surface area contributed by atoms with E-state index in [-0.39, 0.29) is 23.5 Å². The van der Waals surface area contributed by atoms with E-state index in [0.29, 0.717) is 11.4 Å². The van der Waals surface area contributed by atoms with E-state index in [4.69, 9.17) is 13.1 Å². The standard InChI is InChI=1S/C22H28N8O/c1-7-9-13-30(14-10-8-2)17-11-12-18(19(15-17)25-16(3)31)27-28-22-26-20(23-4)21(24-5)29(22)6/h11-12,15H,7-10,13-14H2,1-3,6H3,(H,25,31). The highest BCUT2D eigenvalue weighted by molar-refractivity contribution is 5.93. The van der Waals surface area contributed by atoms with Crippen LogP contribution in [0.4, 0.5) is 34.6 Å². The Balaban J connectivity index is 2.40. The van der Waals surface area contributed by atoms with Crippen LogP contribution in [0.25, 0.3) is 9.69 Å². The van der Waals surface area contributed by atoms with Crippen LogP contribution in [0.3, 0.4) is 0 Å². The van der Waals surface area contributed by atoms with Crippen molar-refractivity contribution in [1.29, 1.82) is 0 Å². The molecule has 1 amide bonds. The van der Waals surface area contributed by atoms with Crippen molar-refractivity contribution >= 4 is 40.6 Å². The molecule has 9 nitrogen and oxygen atoms in total. The molecule has 0 saturated carbocycles. The highest BCUT2D eigenvalue weighted by Crippen LogP contribution is 2.35. The van der Waals surface area contributed by atoms with E-state index in [1.807, 2.05) is 18.2 Å². The zero-order valence-electron chi connectivity index (χ0n) is 18.5. The van der Waals surface area contributed by atoms with E-state index in [0.717, 1.165) is 44.5 Å². The van der Waals surface area contributed by atoms with Crippen molar-refractivity contribution < 1.29 is 4.79 Å². The van der Waals surface area contributed by atoms with E-state index in [1.54, 1.807) is 7.05 Å². The Morgan fingerprint density at radius 3 is 2.35 bits per heavy atom. The number of nitrogens with zero attached hydrogens (tertiary/aromatic N) is 7. The molecule has 2 rings (SSSR count). The molecule has 0 aliphatic heterocycles. The third-order valence-corrected chi connectivity index (χ3v) is 4.70. The monoisotopic (exact) mass is 420 g/mol. The fourth-order valence-corrected chi connectivity index (χ4v) is 3.02. The highest BCUT2D eigenvalue weighted by Gasteiger charge is 2.19. The van der Waals surface area contributed by atoms with Gasteiger partial charge in [-0.25, -0.2) is 4.57 Å². The SMILES string of the molecule is [C-]#[N+]c1nc(N=Nc2ccc(N(CCCC)CCCC)cc2NC(C)=O)n(C)c1[N+]#[C-]. The number of hydrogen-bond donors (Lipinski definition) is 1. The average Bonchev–Trinajstić information content (AvgIpc) is 3.07. The fraction of sp³-hybridized carbons (Fsp3) is 0.455. The number of hydrogen-bond acceptors (Lipinski definition) is 5. The van der Waals surface area contributed by atoms with Gasteiger partial charge >= 0.3 is 5.95 Å². The Kier molecular flexibility index (Phi) is 8.71. The summed E-state index contributed by atoms with van der Waals surface area (Å²) in [4.78, 5) is 24.7. The van der Waals surface area contributed by atoms with Crippen molar-refractivity contribution in [2.24, 2.45) is 17.3 Å². The van der Waals surface area contributed by atoms with Crippen molar-refractivity contribution in [3.8, 4) is 0 Å². The van der Waals surface area contributed by atoms with Crippen LogP contribution < -0.4 is 10.2 Å². The second kappa shape index (κ2) is 11.5. The number of nitrogens with one attached hydrogen (secondary N) is 1. The summed E-state index contributed by atoms with van der Waals surface area (Å²) in [5, 5.41) is 11.2. The van der Waals surface area contributed by atoms with Gasteiger partial charge < -0.3 is 19.9 Å². The zero-order chi connectivity index (χ0) is 22.8. The largest absolute Gasteiger partial charge is 0.416 e. The van der Waals surface area contributed by atoms with Gasteiger partial charge in [0, 0.05) is 25.7 Å². The molecule has 1 aromatic heterocycles. The molecule has 0 atom stereocenters. The summed E-state index contributed by atoms with van der Waals surface area (Å²) in [6.45, 7) is 22.0. The number of amides is 1. The molecule has 0 fully saturated rings. The number of unbranched alkanes of at least 4 members (excludes halogenated alkanes) is 2. The maximum Gasteiger partial charge on any atom is 0.416 e. The van der Waals surface area contributed by atoms with Crippen molar-refractivity contribution in [3.63, 3.8) is 0 Å². The number of benzene rings is 1. The first-order chi connectivity index (χ1) is 14.9. The van der Waals surface area contributed by atoms with Crippen LogP contribution in [0.15, 0.2) is 28.4 Å². The molecule has 0 aliphatic rings. The van der Waals surface area contributed by atoms with E-state index in [1.165, 1.54) is 11.5 Å². The van der Waals surface area contributed by atoms with Crippen molar-refractivity contribution in [3.05, 3.63) is 41.0 Å². The molecule has 1 N–H and O–H groups in total. The first-order valence-corrected chi connectivity index (χ1v) is 10.3. The molecule has 31 heavy (non-hydrogen) atoms. The fourth-order valence-electron chi connectivity index (χ4n) is 3.02. The van der Waals surface area contributed by atoms with Crippen LogP contribution >= 0.6 is 0 Å². The van der Waals surface area contributed by atoms with Gasteiger partial charge in [-0.1, -0.05) is 49.9 Å². The molecule has 0 unspecified atom stereocenters. The van der Waals surface area contributed by atoms with Gasteiger partial charge in [0.05, 0.1) is 12.7 Å². The second-order valence-corrected chi connectivity index (χ2v) is 7.12.